The molecule has 3 nitrogen and oxygen atoms in total. The van der Waals surface area contributed by atoms with Crippen LogP contribution in [0.4, 0.5) is 0 Å². The molecule has 4 heteroatoms. The Kier molecular flexibility index (Phi) is 5.11. The molecule has 0 aromatic heterocycles. The summed E-state index contributed by atoms with van der Waals surface area (Å²) in [6.07, 6.45) is 1.02. The van der Waals surface area contributed by atoms with E-state index in [9.17, 15) is 0 Å². The maximum absolute atomic E-state index is 5.14. The highest BCUT2D eigenvalue weighted by Gasteiger charge is 1.98. The maximum Gasteiger partial charge on any atom is 0.0587 e. The molecule has 0 aliphatic rings. The summed E-state index contributed by atoms with van der Waals surface area (Å²) in [5, 5.41) is 3.18. The summed E-state index contributed by atoms with van der Waals surface area (Å²) in [5.41, 5.74) is 5.25. The minimum absolute atomic E-state index is 0.646. The van der Waals surface area contributed by atoms with Gasteiger partial charge in [-0.05, 0) is 36.6 Å². The summed E-state index contributed by atoms with van der Waals surface area (Å²) < 4.78 is 1.13. The van der Waals surface area contributed by atoms with Gasteiger partial charge in [-0.3, -0.25) is 5.84 Å². The van der Waals surface area contributed by atoms with E-state index >= 15 is 0 Å². The summed E-state index contributed by atoms with van der Waals surface area (Å²) in [7, 11) is 0. The van der Waals surface area contributed by atoms with Crippen LogP contribution in [0.3, 0.4) is 0 Å². The zero-order chi connectivity index (χ0) is 10.4. The lowest BCUT2D eigenvalue weighted by Crippen LogP contribution is -2.34. The van der Waals surface area contributed by atoms with Crippen LogP contribution in [0.2, 0.25) is 0 Å². The lowest BCUT2D eigenvalue weighted by atomic mass is 10.1. The van der Waals surface area contributed by atoms with Crippen LogP contribution in [0.15, 0.2) is 22.7 Å². The van der Waals surface area contributed by atoms with Gasteiger partial charge in [0.2, 0.25) is 0 Å². The molecular formula is C10H16BrN3. The molecule has 0 amide bonds. The van der Waals surface area contributed by atoms with Crippen molar-refractivity contribution in [3.63, 3.8) is 0 Å². The Labute approximate surface area is 93.2 Å². The molecular weight excluding hydrogens is 242 g/mol. The third-order valence-corrected chi connectivity index (χ3v) is 2.60. The lowest BCUT2D eigenvalue weighted by Gasteiger charge is -2.07. The number of halogens is 1. The van der Waals surface area contributed by atoms with Crippen molar-refractivity contribution in [3.8, 4) is 0 Å². The predicted molar refractivity (Wildman–Crippen MR) is 62.8 cm³/mol. The number of hydrazine groups is 1. The number of rotatable bonds is 5. The largest absolute Gasteiger partial charge is 0.303 e. The van der Waals surface area contributed by atoms with E-state index in [-0.39, 0.29) is 0 Å². The molecule has 14 heavy (non-hydrogen) atoms. The van der Waals surface area contributed by atoms with Crippen LogP contribution in [0, 0.1) is 6.92 Å². The molecule has 1 aromatic carbocycles. The van der Waals surface area contributed by atoms with Crippen molar-refractivity contribution in [2.75, 3.05) is 13.2 Å². The van der Waals surface area contributed by atoms with Crippen LogP contribution in [0.1, 0.15) is 11.1 Å². The molecule has 1 rings (SSSR count). The van der Waals surface area contributed by atoms with Gasteiger partial charge in [0.15, 0.2) is 0 Å². The van der Waals surface area contributed by atoms with Gasteiger partial charge in [0.05, 0.1) is 6.67 Å². The van der Waals surface area contributed by atoms with Crippen molar-refractivity contribution in [2.24, 2.45) is 5.84 Å². The van der Waals surface area contributed by atoms with Crippen molar-refractivity contribution >= 4 is 15.9 Å². The van der Waals surface area contributed by atoms with Gasteiger partial charge in [-0.25, -0.2) is 5.43 Å². The number of nitrogens with one attached hydrogen (secondary N) is 2. The molecule has 0 spiro atoms. The first-order chi connectivity index (χ1) is 6.74. The van der Waals surface area contributed by atoms with Crippen LogP contribution in [0.25, 0.3) is 0 Å². The predicted octanol–water partition coefficient (Wildman–Crippen LogP) is 1.31. The molecule has 1 aromatic rings. The Morgan fingerprint density at radius 2 is 2.21 bits per heavy atom. The van der Waals surface area contributed by atoms with Gasteiger partial charge >= 0.3 is 0 Å². The highest BCUT2D eigenvalue weighted by atomic mass is 79.9. The normalized spacial score (nSPS) is 10.5. The zero-order valence-corrected chi connectivity index (χ0v) is 9.89. The number of hydrogen-bond donors (Lipinski definition) is 3. The molecule has 0 aliphatic carbocycles. The number of aryl methyl sites for hydroxylation is 1. The minimum Gasteiger partial charge on any atom is -0.303 e. The van der Waals surface area contributed by atoms with Crippen molar-refractivity contribution < 1.29 is 0 Å². The first kappa shape index (κ1) is 11.7. The van der Waals surface area contributed by atoms with Crippen LogP contribution >= 0.6 is 15.9 Å². The molecule has 0 unspecified atom stereocenters. The summed E-state index contributed by atoms with van der Waals surface area (Å²) in [5.74, 6) is 5.14. The molecule has 0 radical (unpaired) electrons. The van der Waals surface area contributed by atoms with Crippen LogP contribution in [0.5, 0.6) is 0 Å². The van der Waals surface area contributed by atoms with E-state index in [2.05, 4.69) is 51.8 Å². The molecule has 0 bridgehead atoms. The van der Waals surface area contributed by atoms with Gasteiger partial charge in [0.1, 0.15) is 0 Å². The Bertz CT molecular complexity index is 289. The van der Waals surface area contributed by atoms with Gasteiger partial charge in [0.25, 0.3) is 0 Å². The van der Waals surface area contributed by atoms with E-state index in [0.29, 0.717) is 6.67 Å². The van der Waals surface area contributed by atoms with Gasteiger partial charge in [0, 0.05) is 11.0 Å². The topological polar surface area (TPSA) is 50.1 Å². The highest BCUT2D eigenvalue weighted by molar-refractivity contribution is 9.10. The fourth-order valence-corrected chi connectivity index (χ4v) is 1.70. The quantitative estimate of drug-likeness (QED) is 0.323. The lowest BCUT2D eigenvalue weighted by molar-refractivity contribution is 0.601. The molecule has 0 atom stereocenters. The summed E-state index contributed by atoms with van der Waals surface area (Å²) in [6.45, 7) is 3.71. The average molecular weight is 258 g/mol. The standard InChI is InChI=1S/C10H16BrN3/c1-8-2-3-10(11)6-9(8)4-5-13-7-14-12/h2-3,6,13-14H,4-5,7,12H2,1H3. The Hall–Kier alpha value is -0.420. The summed E-state index contributed by atoms with van der Waals surface area (Å²) in [6, 6.07) is 6.35. The molecule has 78 valence electrons. The van der Waals surface area contributed by atoms with E-state index in [1.54, 1.807) is 0 Å². The SMILES string of the molecule is Cc1ccc(Br)cc1CCNCNN. The van der Waals surface area contributed by atoms with Gasteiger partial charge in [-0.1, -0.05) is 22.0 Å². The maximum atomic E-state index is 5.14. The number of hydrogen-bond acceptors (Lipinski definition) is 3. The fraction of sp³-hybridized carbons (Fsp3) is 0.400. The van der Waals surface area contributed by atoms with Crippen molar-refractivity contribution in [2.45, 2.75) is 13.3 Å². The van der Waals surface area contributed by atoms with Crippen LogP contribution in [-0.2, 0) is 6.42 Å². The number of nitrogens with two attached hydrogens (primary N) is 1. The van der Waals surface area contributed by atoms with Gasteiger partial charge in [-0.15, -0.1) is 0 Å². The number of benzene rings is 1. The average Bonchev–Trinajstić information content (AvgIpc) is 2.18. The van der Waals surface area contributed by atoms with E-state index in [1.807, 2.05) is 0 Å². The summed E-state index contributed by atoms with van der Waals surface area (Å²) in [4.78, 5) is 0. The second kappa shape index (κ2) is 6.14. The molecule has 0 saturated heterocycles. The van der Waals surface area contributed by atoms with Crippen molar-refractivity contribution in [3.05, 3.63) is 33.8 Å². The van der Waals surface area contributed by atoms with E-state index in [4.69, 9.17) is 5.84 Å². The zero-order valence-electron chi connectivity index (χ0n) is 8.31. The second-order valence-corrected chi connectivity index (χ2v) is 4.12. The van der Waals surface area contributed by atoms with Gasteiger partial charge < -0.3 is 5.32 Å². The monoisotopic (exact) mass is 257 g/mol. The Balaban J connectivity index is 2.45. The van der Waals surface area contributed by atoms with Crippen molar-refractivity contribution in [1.29, 1.82) is 0 Å². The van der Waals surface area contributed by atoms with Gasteiger partial charge in [-0.2, -0.15) is 0 Å². The smallest absolute Gasteiger partial charge is 0.0587 e. The van der Waals surface area contributed by atoms with E-state index in [0.717, 1.165) is 17.4 Å². The first-order valence-corrected chi connectivity index (χ1v) is 5.42. The van der Waals surface area contributed by atoms with Crippen molar-refractivity contribution in [1.82, 2.24) is 10.7 Å². The third-order valence-electron chi connectivity index (χ3n) is 2.11. The molecule has 0 fully saturated rings. The first-order valence-electron chi connectivity index (χ1n) is 4.63. The van der Waals surface area contributed by atoms with Crippen LogP contribution < -0.4 is 16.6 Å². The Morgan fingerprint density at radius 1 is 1.43 bits per heavy atom. The Morgan fingerprint density at radius 3 is 2.93 bits per heavy atom. The molecule has 0 aliphatic heterocycles. The van der Waals surface area contributed by atoms with E-state index < -0.39 is 0 Å². The fourth-order valence-electron chi connectivity index (χ4n) is 1.29. The second-order valence-electron chi connectivity index (χ2n) is 3.20. The molecule has 4 N–H and O–H groups in total. The molecule has 0 saturated carbocycles. The van der Waals surface area contributed by atoms with E-state index in [1.165, 1.54) is 11.1 Å². The summed E-state index contributed by atoms with van der Waals surface area (Å²) >= 11 is 3.47. The minimum atomic E-state index is 0.646. The third kappa shape index (κ3) is 3.75. The molecule has 0 heterocycles. The van der Waals surface area contributed by atoms with Crippen LogP contribution in [-0.4, -0.2) is 13.2 Å². The highest BCUT2D eigenvalue weighted by Crippen LogP contribution is 2.16.